The molecule has 5 rings (SSSR count). The number of morpholine rings is 1. The van der Waals surface area contributed by atoms with Crippen LogP contribution in [0.15, 0.2) is 36.7 Å². The van der Waals surface area contributed by atoms with Crippen LogP contribution in [-0.4, -0.2) is 78.4 Å². The number of rotatable bonds is 10. The molecule has 0 radical (unpaired) electrons. The molecule has 1 N–H and O–H groups in total. The molecule has 0 bridgehead atoms. The van der Waals surface area contributed by atoms with Crippen molar-refractivity contribution in [2.45, 2.75) is 44.9 Å². The van der Waals surface area contributed by atoms with Crippen LogP contribution >= 0.6 is 0 Å². The van der Waals surface area contributed by atoms with Gasteiger partial charge in [0.25, 0.3) is 5.91 Å². The van der Waals surface area contributed by atoms with Gasteiger partial charge in [0, 0.05) is 43.5 Å². The van der Waals surface area contributed by atoms with Gasteiger partial charge in [-0.3, -0.25) is 14.1 Å². The number of pyridine rings is 1. The first kappa shape index (κ1) is 26.2. The summed E-state index contributed by atoms with van der Waals surface area (Å²) in [5, 5.41) is 2.81. The fourth-order valence-corrected chi connectivity index (χ4v) is 4.66. The molecule has 0 unspecified atom stereocenters. The number of nitrogens with one attached hydrogen (secondary N) is 1. The van der Waals surface area contributed by atoms with Crippen LogP contribution in [0.1, 0.15) is 37.0 Å². The molecule has 9 nitrogen and oxygen atoms in total. The van der Waals surface area contributed by atoms with Gasteiger partial charge in [0.15, 0.2) is 0 Å². The molecule has 3 aromatic rings. The number of carbonyl (C=O) groups is 1. The highest BCUT2D eigenvalue weighted by Crippen LogP contribution is 2.37. The van der Waals surface area contributed by atoms with E-state index in [-0.39, 0.29) is 28.7 Å². The van der Waals surface area contributed by atoms with Crippen molar-refractivity contribution in [3.8, 4) is 28.5 Å². The standard InChI is InChI=1S/C27H32F2N4O5/c1-27(2)16-32(9-11-37-27)8-10-36-19-6-7-33-20(15-30-23(33)14-19)17-12-21(35-3)24(22(13-17)38-26(28)29)25(34)31-18-4-5-18/h6-7,12-15,18,26H,4-5,8-11,16H2,1-3H3,(H,31,34). The van der Waals surface area contributed by atoms with E-state index in [0.29, 0.717) is 35.9 Å². The second kappa shape index (κ2) is 10.7. The Kier molecular flexibility index (Phi) is 7.40. The maximum Gasteiger partial charge on any atom is 0.387 e. The van der Waals surface area contributed by atoms with Crippen LogP contribution in [0.25, 0.3) is 16.9 Å². The second-order valence-corrected chi connectivity index (χ2v) is 10.1. The lowest BCUT2D eigenvalue weighted by molar-refractivity contribution is -0.0875. The Morgan fingerprint density at radius 2 is 2.05 bits per heavy atom. The van der Waals surface area contributed by atoms with Gasteiger partial charge in [0.2, 0.25) is 0 Å². The molecule has 0 atom stereocenters. The van der Waals surface area contributed by atoms with E-state index in [1.54, 1.807) is 18.5 Å². The van der Waals surface area contributed by atoms with Gasteiger partial charge in [0.05, 0.1) is 31.2 Å². The summed E-state index contributed by atoms with van der Waals surface area (Å²) in [5.41, 5.74) is 1.53. The van der Waals surface area contributed by atoms with Gasteiger partial charge in [-0.2, -0.15) is 8.78 Å². The molecule has 1 saturated heterocycles. The summed E-state index contributed by atoms with van der Waals surface area (Å²) >= 11 is 0. The number of halogens is 2. The van der Waals surface area contributed by atoms with Crippen LogP contribution in [0, 0.1) is 0 Å². The average Bonchev–Trinajstić information content (AvgIpc) is 3.57. The summed E-state index contributed by atoms with van der Waals surface area (Å²) in [7, 11) is 1.38. The molecule has 1 aliphatic heterocycles. The predicted molar refractivity (Wildman–Crippen MR) is 136 cm³/mol. The predicted octanol–water partition coefficient (Wildman–Crippen LogP) is 3.99. The van der Waals surface area contributed by atoms with Crippen molar-refractivity contribution < 1.29 is 32.5 Å². The van der Waals surface area contributed by atoms with Crippen molar-refractivity contribution in [3.63, 3.8) is 0 Å². The molecule has 1 amide bonds. The van der Waals surface area contributed by atoms with Crippen LogP contribution in [-0.2, 0) is 4.74 Å². The zero-order valence-corrected chi connectivity index (χ0v) is 21.7. The molecule has 11 heteroatoms. The number of hydrogen-bond donors (Lipinski definition) is 1. The number of nitrogens with zero attached hydrogens (tertiary/aromatic N) is 3. The molecular formula is C27H32F2N4O5. The fourth-order valence-electron chi connectivity index (χ4n) is 4.66. The highest BCUT2D eigenvalue weighted by atomic mass is 19.3. The zero-order chi connectivity index (χ0) is 26.9. The minimum Gasteiger partial charge on any atom is -0.496 e. The van der Waals surface area contributed by atoms with Gasteiger partial charge >= 0.3 is 6.61 Å². The van der Waals surface area contributed by atoms with E-state index in [2.05, 4.69) is 29.0 Å². The number of alkyl halides is 2. The van der Waals surface area contributed by atoms with Gasteiger partial charge in [-0.05, 0) is 44.9 Å². The summed E-state index contributed by atoms with van der Waals surface area (Å²) in [6.07, 6.45) is 5.14. The molecule has 2 fully saturated rings. The highest BCUT2D eigenvalue weighted by molar-refractivity contribution is 6.01. The molecule has 1 saturated carbocycles. The Morgan fingerprint density at radius 1 is 1.26 bits per heavy atom. The Hall–Kier alpha value is -3.44. The maximum atomic E-state index is 13.3. The number of aromatic nitrogens is 2. The van der Waals surface area contributed by atoms with Crippen molar-refractivity contribution in [1.29, 1.82) is 0 Å². The molecule has 2 aliphatic rings. The van der Waals surface area contributed by atoms with E-state index in [4.69, 9.17) is 18.9 Å². The van der Waals surface area contributed by atoms with E-state index in [1.165, 1.54) is 13.2 Å². The van der Waals surface area contributed by atoms with Crippen molar-refractivity contribution in [3.05, 3.63) is 42.2 Å². The van der Waals surface area contributed by atoms with Gasteiger partial charge in [-0.1, -0.05) is 0 Å². The SMILES string of the molecule is COc1cc(-c2cnc3cc(OCCN4CCOC(C)(C)C4)ccn23)cc(OC(F)F)c1C(=O)NC1CC1. The van der Waals surface area contributed by atoms with E-state index in [9.17, 15) is 13.6 Å². The number of ether oxygens (including phenoxy) is 4. The summed E-state index contributed by atoms with van der Waals surface area (Å²) in [6.45, 7) is 4.79. The lowest BCUT2D eigenvalue weighted by atomic mass is 10.1. The van der Waals surface area contributed by atoms with E-state index in [1.807, 2.05) is 16.5 Å². The first-order valence-electron chi connectivity index (χ1n) is 12.7. The van der Waals surface area contributed by atoms with Crippen LogP contribution < -0.4 is 19.5 Å². The van der Waals surface area contributed by atoms with Gasteiger partial charge < -0.3 is 24.3 Å². The van der Waals surface area contributed by atoms with Crippen molar-refractivity contribution in [2.75, 3.05) is 40.0 Å². The smallest absolute Gasteiger partial charge is 0.387 e. The third-order valence-electron chi connectivity index (χ3n) is 6.60. The highest BCUT2D eigenvalue weighted by Gasteiger charge is 2.29. The molecule has 2 aromatic heterocycles. The molecule has 1 aliphatic carbocycles. The topological polar surface area (TPSA) is 86.6 Å². The molecule has 1 aromatic carbocycles. The monoisotopic (exact) mass is 530 g/mol. The molecule has 3 heterocycles. The first-order valence-corrected chi connectivity index (χ1v) is 12.7. The largest absolute Gasteiger partial charge is 0.496 e. The van der Waals surface area contributed by atoms with E-state index in [0.717, 1.165) is 32.5 Å². The van der Waals surface area contributed by atoms with Crippen LogP contribution in [0.4, 0.5) is 8.78 Å². The van der Waals surface area contributed by atoms with Gasteiger partial charge in [0.1, 0.15) is 35.1 Å². The Bertz CT molecular complexity index is 1310. The quantitative estimate of drug-likeness (QED) is 0.424. The van der Waals surface area contributed by atoms with Crippen LogP contribution in [0.5, 0.6) is 17.2 Å². The maximum absolute atomic E-state index is 13.3. The number of benzene rings is 1. The normalized spacial score (nSPS) is 17.5. The van der Waals surface area contributed by atoms with Crippen molar-refractivity contribution in [2.24, 2.45) is 0 Å². The lowest BCUT2D eigenvalue weighted by Crippen LogP contribution is -2.49. The number of hydrogen-bond acceptors (Lipinski definition) is 7. The summed E-state index contributed by atoms with van der Waals surface area (Å²) in [5.74, 6) is 0.0480. The lowest BCUT2D eigenvalue weighted by Gasteiger charge is -2.38. The molecule has 0 spiro atoms. The first-order chi connectivity index (χ1) is 18.2. The third-order valence-corrected chi connectivity index (χ3v) is 6.60. The number of imidazole rings is 1. The second-order valence-electron chi connectivity index (χ2n) is 10.1. The summed E-state index contributed by atoms with van der Waals surface area (Å²) < 4.78 is 50.3. The molecule has 204 valence electrons. The third kappa shape index (κ3) is 5.99. The molecular weight excluding hydrogens is 498 g/mol. The Labute approximate surface area is 219 Å². The molecule has 38 heavy (non-hydrogen) atoms. The van der Waals surface area contributed by atoms with Crippen molar-refractivity contribution >= 4 is 11.6 Å². The fraction of sp³-hybridized carbons (Fsp3) is 0.481. The van der Waals surface area contributed by atoms with Gasteiger partial charge in [-0.25, -0.2) is 4.98 Å². The van der Waals surface area contributed by atoms with Crippen LogP contribution in [0.2, 0.25) is 0 Å². The average molecular weight is 531 g/mol. The zero-order valence-electron chi connectivity index (χ0n) is 21.7. The Balaban J connectivity index is 1.36. The Morgan fingerprint density at radius 3 is 2.76 bits per heavy atom. The number of amides is 1. The van der Waals surface area contributed by atoms with Gasteiger partial charge in [-0.15, -0.1) is 0 Å². The number of methoxy groups -OCH3 is 1. The minimum atomic E-state index is -3.10. The number of fused-ring (bicyclic) bond motifs is 1. The number of carbonyl (C=O) groups excluding carboxylic acids is 1. The van der Waals surface area contributed by atoms with Crippen molar-refractivity contribution in [1.82, 2.24) is 19.6 Å². The minimum absolute atomic E-state index is 0.0437. The summed E-state index contributed by atoms with van der Waals surface area (Å²) in [6, 6.07) is 6.72. The van der Waals surface area contributed by atoms with E-state index < -0.39 is 12.5 Å². The van der Waals surface area contributed by atoms with Crippen LogP contribution in [0.3, 0.4) is 0 Å². The summed E-state index contributed by atoms with van der Waals surface area (Å²) in [4.78, 5) is 19.6. The van der Waals surface area contributed by atoms with E-state index >= 15 is 0 Å².